The summed E-state index contributed by atoms with van der Waals surface area (Å²) in [7, 11) is 0. The highest BCUT2D eigenvalue weighted by molar-refractivity contribution is 8.00. The smallest absolute Gasteiger partial charge is 0.252 e. The molecule has 0 aromatic heterocycles. The van der Waals surface area contributed by atoms with Crippen LogP contribution in [0.5, 0.6) is 0 Å². The van der Waals surface area contributed by atoms with Crippen LogP contribution in [0.4, 0.5) is 60.0 Å². The summed E-state index contributed by atoms with van der Waals surface area (Å²) in [5.74, 6) is -0.529. The standard InChI is InChI=1S/C57H35B4F2N3S/c1-30-24-31(2)51(32(3)25-30)61-38-15-7-11-19-49(38)67-50-29-48-41(28-42(50)61)60-36-13-5-9-17-44(36)64-43-16-8-4-12-35(43)58-39-26-33(62)20-22-46(39)65-47-23-21-34(63)27-40(47)59-37-14-6-10-18-45(37)66(48)57-53(59)56(65)52(58)55(64)54(57)60/h4-29H,1-3H3. The van der Waals surface area contributed by atoms with E-state index in [1.807, 2.05) is 23.9 Å². The Hall–Kier alpha value is -7.15. The van der Waals surface area contributed by atoms with Crippen molar-refractivity contribution in [3.05, 3.63) is 186 Å². The summed E-state index contributed by atoms with van der Waals surface area (Å²) < 4.78 is 32.0. The number of hydrogen-bond donors (Lipinski definition) is 0. The fraction of sp³-hybridized carbons (Fsp3) is 0.0526. The number of para-hydroxylation sites is 3. The molecule has 0 spiro atoms. The van der Waals surface area contributed by atoms with Crippen molar-refractivity contribution in [1.82, 2.24) is 0 Å². The van der Waals surface area contributed by atoms with Gasteiger partial charge in [0.15, 0.2) is 0 Å². The first-order chi connectivity index (χ1) is 32.8. The van der Waals surface area contributed by atoms with Crippen LogP contribution in [-0.4, -0.2) is 26.9 Å². The number of aryl methyl sites for hydroxylation is 3. The van der Waals surface area contributed by atoms with Crippen molar-refractivity contribution in [1.29, 1.82) is 0 Å². The molecule has 0 radical (unpaired) electrons. The van der Waals surface area contributed by atoms with E-state index in [0.29, 0.717) is 0 Å². The van der Waals surface area contributed by atoms with Gasteiger partial charge in [-0.3, -0.25) is 0 Å². The lowest BCUT2D eigenvalue weighted by molar-refractivity contribution is 0.629. The van der Waals surface area contributed by atoms with Gasteiger partial charge in [0.1, 0.15) is 11.6 Å². The van der Waals surface area contributed by atoms with Crippen molar-refractivity contribution in [2.75, 3.05) is 14.7 Å². The molecule has 0 fully saturated rings. The molecule has 9 aromatic rings. The molecule has 0 unspecified atom stereocenters. The maximum atomic E-state index is 16.0. The molecule has 0 saturated heterocycles. The van der Waals surface area contributed by atoms with E-state index >= 15 is 8.78 Å². The Kier molecular flexibility index (Phi) is 6.98. The van der Waals surface area contributed by atoms with Crippen LogP contribution >= 0.6 is 11.8 Å². The molecule has 9 aromatic carbocycles. The lowest BCUT2D eigenvalue weighted by Crippen LogP contribution is -2.75. The molecule has 7 heterocycles. The van der Waals surface area contributed by atoms with Gasteiger partial charge in [0.25, 0.3) is 20.1 Å². The number of hydrogen-bond acceptors (Lipinski definition) is 4. The highest BCUT2D eigenvalue weighted by Crippen LogP contribution is 2.51. The molecule has 0 bridgehead atoms. The van der Waals surface area contributed by atoms with E-state index in [1.165, 1.54) is 87.2 Å². The van der Waals surface area contributed by atoms with Gasteiger partial charge < -0.3 is 14.7 Å². The third kappa shape index (κ3) is 4.45. The summed E-state index contributed by atoms with van der Waals surface area (Å²) in [6.45, 7) is 6.19. The molecule has 0 atom stereocenters. The fourth-order valence-electron chi connectivity index (χ4n) is 14.0. The number of nitrogens with zero attached hydrogens (tertiary/aromatic N) is 3. The van der Waals surface area contributed by atoms with Crippen LogP contribution in [0.25, 0.3) is 0 Å². The first-order valence-corrected chi connectivity index (χ1v) is 24.2. The van der Waals surface area contributed by atoms with Gasteiger partial charge in [-0.2, -0.15) is 0 Å². The van der Waals surface area contributed by atoms with Gasteiger partial charge in [-0.05, 0) is 137 Å². The zero-order chi connectivity index (χ0) is 44.3. The first-order valence-electron chi connectivity index (χ1n) is 23.4. The monoisotopic (exact) mass is 875 g/mol. The van der Waals surface area contributed by atoms with Crippen LogP contribution in [-0.2, 0) is 0 Å². The SMILES string of the molecule is Cc1cc(C)c(B2c3ccccc3Sc3cc4c(cc32)B2c3ccccc3N3c5ccccc5B5c6cc(F)ccc6N6c7ccc(F)cc7B7c8ccccc8N4c4c2c3c5c6c47)c(C)c1. The molecule has 0 saturated carbocycles. The number of anilines is 9. The van der Waals surface area contributed by atoms with Crippen LogP contribution in [0.2, 0.25) is 0 Å². The third-order valence-corrected chi connectivity index (χ3v) is 17.3. The topological polar surface area (TPSA) is 9.72 Å². The Labute approximate surface area is 393 Å². The molecule has 7 aliphatic heterocycles. The zero-order valence-electron chi connectivity index (χ0n) is 36.8. The molecule has 3 nitrogen and oxygen atoms in total. The highest BCUT2D eigenvalue weighted by Gasteiger charge is 2.57. The largest absolute Gasteiger partial charge is 0.312 e. The quantitative estimate of drug-likeness (QED) is 0.196. The second-order valence-corrected chi connectivity index (χ2v) is 20.6. The Morgan fingerprint density at radius 2 is 0.746 bits per heavy atom. The lowest BCUT2D eigenvalue weighted by atomic mass is 9.24. The van der Waals surface area contributed by atoms with E-state index in [4.69, 9.17) is 0 Å². The average molecular weight is 875 g/mol. The van der Waals surface area contributed by atoms with Gasteiger partial charge in [0.2, 0.25) is 6.71 Å². The summed E-state index contributed by atoms with van der Waals surface area (Å²) >= 11 is 1.88. The summed E-state index contributed by atoms with van der Waals surface area (Å²) in [5.41, 5.74) is 28.2. The van der Waals surface area contributed by atoms with Crippen LogP contribution < -0.4 is 80.3 Å². The third-order valence-electron chi connectivity index (χ3n) is 16.1. The number of rotatable bonds is 1. The Morgan fingerprint density at radius 1 is 0.343 bits per heavy atom. The molecular weight excluding hydrogens is 840 g/mol. The molecule has 0 amide bonds. The predicted molar refractivity (Wildman–Crippen MR) is 280 cm³/mol. The molecule has 0 N–H and O–H groups in total. The van der Waals surface area contributed by atoms with Crippen molar-refractivity contribution in [3.8, 4) is 0 Å². The molecule has 16 rings (SSSR count). The van der Waals surface area contributed by atoms with Crippen molar-refractivity contribution in [2.45, 2.75) is 30.6 Å². The van der Waals surface area contributed by atoms with E-state index in [9.17, 15) is 0 Å². The van der Waals surface area contributed by atoms with Crippen molar-refractivity contribution in [2.24, 2.45) is 0 Å². The molecular formula is C57H35B4F2N3S. The summed E-state index contributed by atoms with van der Waals surface area (Å²) in [4.78, 5) is 10.0. The van der Waals surface area contributed by atoms with E-state index < -0.39 is 0 Å². The maximum Gasteiger partial charge on any atom is 0.252 e. The minimum absolute atomic E-state index is 0.0405. The van der Waals surface area contributed by atoms with Crippen molar-refractivity contribution >= 4 is 155 Å². The van der Waals surface area contributed by atoms with Gasteiger partial charge >= 0.3 is 0 Å². The summed E-state index contributed by atoms with van der Waals surface area (Å²) in [6, 6.07) is 56.0. The van der Waals surface area contributed by atoms with Crippen molar-refractivity contribution < 1.29 is 8.78 Å². The highest BCUT2D eigenvalue weighted by atomic mass is 32.2. The fourth-order valence-corrected chi connectivity index (χ4v) is 15.1. The minimum atomic E-state index is -0.265. The number of halogens is 2. The Morgan fingerprint density at radius 3 is 1.25 bits per heavy atom. The minimum Gasteiger partial charge on any atom is -0.312 e. The van der Waals surface area contributed by atoms with Crippen molar-refractivity contribution in [3.63, 3.8) is 0 Å². The summed E-state index contributed by atoms with van der Waals surface area (Å²) in [5, 5.41) is 0. The second kappa shape index (κ2) is 12.6. The van der Waals surface area contributed by atoms with E-state index in [0.717, 1.165) is 56.0 Å². The molecule has 7 aliphatic rings. The van der Waals surface area contributed by atoms with Crippen LogP contribution in [0.1, 0.15) is 16.7 Å². The molecule has 10 heteroatoms. The van der Waals surface area contributed by atoms with Gasteiger partial charge in [-0.15, -0.1) is 0 Å². The average Bonchev–Trinajstić information content (AvgIpc) is 3.34. The first kappa shape index (κ1) is 37.0. The van der Waals surface area contributed by atoms with Crippen LogP contribution in [0.3, 0.4) is 0 Å². The van der Waals surface area contributed by atoms with E-state index in [-0.39, 0.29) is 38.5 Å². The second-order valence-electron chi connectivity index (χ2n) is 19.5. The van der Waals surface area contributed by atoms with Crippen LogP contribution in [0.15, 0.2) is 168 Å². The van der Waals surface area contributed by atoms with Gasteiger partial charge in [0.05, 0.1) is 0 Å². The lowest BCUT2D eigenvalue weighted by Gasteiger charge is -2.55. The molecule has 0 aliphatic carbocycles. The number of benzene rings is 9. The van der Waals surface area contributed by atoms with Crippen LogP contribution in [0, 0.1) is 32.4 Å². The zero-order valence-corrected chi connectivity index (χ0v) is 37.6. The Bertz CT molecular complexity index is 3800. The molecule has 67 heavy (non-hydrogen) atoms. The normalized spacial score (nSPS) is 15.0. The summed E-state index contributed by atoms with van der Waals surface area (Å²) in [6.07, 6.45) is 0. The molecule has 310 valence electrons. The van der Waals surface area contributed by atoms with Gasteiger partial charge in [-0.1, -0.05) is 136 Å². The van der Waals surface area contributed by atoms with Gasteiger partial charge in [-0.25, -0.2) is 8.78 Å². The predicted octanol–water partition coefficient (Wildman–Crippen LogP) is 5.71. The van der Waals surface area contributed by atoms with E-state index in [2.05, 4.69) is 157 Å². The Balaban J connectivity index is 1.09. The number of fused-ring (bicyclic) bond motifs is 20. The van der Waals surface area contributed by atoms with E-state index in [1.54, 1.807) is 24.3 Å². The maximum absolute atomic E-state index is 16.0. The van der Waals surface area contributed by atoms with Gasteiger partial charge in [0, 0.05) is 61.0 Å².